The maximum atomic E-state index is 13.3. The molecule has 3 heterocycles. The number of carbonyl (C=O) groups is 1. The molecule has 1 amide bonds. The highest BCUT2D eigenvalue weighted by molar-refractivity contribution is 5.78. The fourth-order valence-electron chi connectivity index (χ4n) is 4.51. The molecule has 3 aliphatic heterocycles. The number of hydrogen-bond acceptors (Lipinski definition) is 3. The topological polar surface area (TPSA) is 32.8 Å². The molecule has 4 nitrogen and oxygen atoms in total. The number of amides is 1. The lowest BCUT2D eigenvalue weighted by Gasteiger charge is -2.50. The highest BCUT2D eigenvalue weighted by Crippen LogP contribution is 2.42. The predicted molar refractivity (Wildman–Crippen MR) is 88.9 cm³/mol. The Kier molecular flexibility index (Phi) is 4.31. The lowest BCUT2D eigenvalue weighted by Crippen LogP contribution is -2.64. The van der Waals surface area contributed by atoms with Crippen LogP contribution < -0.4 is 0 Å². The number of nitrogens with zero attached hydrogens (tertiary/aromatic N) is 2. The van der Waals surface area contributed by atoms with Gasteiger partial charge in [-0.3, -0.25) is 9.69 Å². The fourth-order valence-corrected chi connectivity index (χ4v) is 4.51. The smallest absolute Gasteiger partial charge is 0.222 e. The zero-order chi connectivity index (χ0) is 16.6. The van der Waals surface area contributed by atoms with Crippen molar-refractivity contribution in [3.63, 3.8) is 0 Å². The Morgan fingerprint density at radius 1 is 1.33 bits per heavy atom. The van der Waals surface area contributed by atoms with Gasteiger partial charge >= 0.3 is 0 Å². The Balaban J connectivity index is 1.30. The van der Waals surface area contributed by atoms with Crippen molar-refractivity contribution in [1.29, 1.82) is 0 Å². The van der Waals surface area contributed by atoms with Crippen LogP contribution in [0.25, 0.3) is 0 Å². The molecule has 130 valence electrons. The van der Waals surface area contributed by atoms with E-state index in [1.54, 1.807) is 12.1 Å². The monoisotopic (exact) mass is 332 g/mol. The van der Waals surface area contributed by atoms with Crippen LogP contribution in [0.3, 0.4) is 0 Å². The number of benzene rings is 1. The van der Waals surface area contributed by atoms with Gasteiger partial charge in [-0.05, 0) is 42.9 Å². The lowest BCUT2D eigenvalue weighted by molar-refractivity contribution is -0.139. The molecule has 1 aromatic carbocycles. The predicted octanol–water partition coefficient (Wildman–Crippen LogP) is 2.43. The molecule has 1 atom stereocenters. The van der Waals surface area contributed by atoms with Crippen molar-refractivity contribution in [3.05, 3.63) is 35.6 Å². The molecule has 1 unspecified atom stereocenters. The molecule has 0 aromatic heterocycles. The Bertz CT molecular complexity index is 615. The highest BCUT2D eigenvalue weighted by Gasteiger charge is 2.52. The molecular formula is C19H25FN2O2. The average molecular weight is 332 g/mol. The molecule has 0 aliphatic carbocycles. The largest absolute Gasteiger partial charge is 0.372 e. The number of ether oxygens (including phenoxy) is 1. The quantitative estimate of drug-likeness (QED) is 0.830. The fraction of sp³-hybridized carbons (Fsp3) is 0.632. The van der Waals surface area contributed by atoms with E-state index < -0.39 is 0 Å². The summed E-state index contributed by atoms with van der Waals surface area (Å²) >= 11 is 0. The summed E-state index contributed by atoms with van der Waals surface area (Å²) in [6.07, 6.45) is 3.86. The van der Waals surface area contributed by atoms with Crippen LogP contribution in [0.5, 0.6) is 0 Å². The van der Waals surface area contributed by atoms with Crippen molar-refractivity contribution in [2.24, 2.45) is 5.92 Å². The van der Waals surface area contributed by atoms with Gasteiger partial charge in [-0.2, -0.15) is 0 Å². The summed E-state index contributed by atoms with van der Waals surface area (Å²) < 4.78 is 19.4. The van der Waals surface area contributed by atoms with E-state index >= 15 is 0 Å². The summed E-state index contributed by atoms with van der Waals surface area (Å²) in [6, 6.07) is 6.83. The number of rotatable bonds is 5. The van der Waals surface area contributed by atoms with Crippen LogP contribution in [-0.2, 0) is 16.1 Å². The molecule has 3 saturated heterocycles. The first-order chi connectivity index (χ1) is 11.6. The Morgan fingerprint density at radius 3 is 2.96 bits per heavy atom. The molecule has 5 heteroatoms. The van der Waals surface area contributed by atoms with Crippen molar-refractivity contribution in [1.82, 2.24) is 9.80 Å². The van der Waals surface area contributed by atoms with E-state index in [1.807, 2.05) is 11.0 Å². The van der Waals surface area contributed by atoms with E-state index in [2.05, 4.69) is 4.90 Å². The Morgan fingerprint density at radius 2 is 2.21 bits per heavy atom. The zero-order valence-corrected chi connectivity index (χ0v) is 14.0. The van der Waals surface area contributed by atoms with E-state index in [0.717, 1.165) is 64.2 Å². The van der Waals surface area contributed by atoms with Gasteiger partial charge in [-0.15, -0.1) is 0 Å². The Hall–Kier alpha value is -1.46. The number of halogens is 1. The second-order valence-corrected chi connectivity index (χ2v) is 7.45. The van der Waals surface area contributed by atoms with Crippen LogP contribution in [0.4, 0.5) is 4.39 Å². The summed E-state index contributed by atoms with van der Waals surface area (Å²) in [5.74, 6) is 0.673. The van der Waals surface area contributed by atoms with Gasteiger partial charge in [0.2, 0.25) is 5.91 Å². The van der Waals surface area contributed by atoms with Gasteiger partial charge in [0.15, 0.2) is 0 Å². The number of hydrogen-bond donors (Lipinski definition) is 0. The zero-order valence-electron chi connectivity index (χ0n) is 14.0. The molecule has 3 aliphatic rings. The summed E-state index contributed by atoms with van der Waals surface area (Å²) in [5, 5.41) is 0. The average Bonchev–Trinajstić information content (AvgIpc) is 3.11. The number of carbonyl (C=O) groups excluding carboxylic acids is 1. The minimum atomic E-state index is -0.173. The van der Waals surface area contributed by atoms with E-state index in [4.69, 9.17) is 4.74 Å². The third kappa shape index (κ3) is 3.07. The molecule has 24 heavy (non-hydrogen) atoms. The molecule has 0 saturated carbocycles. The van der Waals surface area contributed by atoms with Crippen LogP contribution >= 0.6 is 0 Å². The molecule has 0 N–H and O–H groups in total. The van der Waals surface area contributed by atoms with Crippen molar-refractivity contribution in [2.45, 2.75) is 37.8 Å². The van der Waals surface area contributed by atoms with Crippen LogP contribution in [-0.4, -0.2) is 54.1 Å². The van der Waals surface area contributed by atoms with Gasteiger partial charge in [-0.1, -0.05) is 12.1 Å². The van der Waals surface area contributed by atoms with Gasteiger partial charge in [0.05, 0.1) is 5.60 Å². The maximum Gasteiger partial charge on any atom is 0.222 e. The molecule has 0 radical (unpaired) electrons. The minimum Gasteiger partial charge on any atom is -0.372 e. The van der Waals surface area contributed by atoms with Gasteiger partial charge in [0.1, 0.15) is 5.82 Å². The third-order valence-electron chi connectivity index (χ3n) is 5.80. The van der Waals surface area contributed by atoms with E-state index in [0.29, 0.717) is 18.2 Å². The summed E-state index contributed by atoms with van der Waals surface area (Å²) in [6.45, 7) is 5.24. The molecule has 1 spiro atoms. The first-order valence-electron chi connectivity index (χ1n) is 9.03. The second kappa shape index (κ2) is 6.45. The standard InChI is InChI=1S/C19H25FN2O2/c20-17-4-1-3-15(11-17)12-21-13-19(14-21)16(7-10-24-19)6-9-22-8-2-5-18(22)23/h1,3-4,11,16H,2,5-10,12-14H2. The van der Waals surface area contributed by atoms with Gasteiger partial charge < -0.3 is 9.64 Å². The molecule has 1 aromatic rings. The SMILES string of the molecule is O=C1CCCN1CCC1CCOC12CN(Cc1cccc(F)c1)C2. The summed E-state index contributed by atoms with van der Waals surface area (Å²) in [4.78, 5) is 16.1. The van der Waals surface area contributed by atoms with Crippen LogP contribution in [0.1, 0.15) is 31.2 Å². The van der Waals surface area contributed by atoms with E-state index in [9.17, 15) is 9.18 Å². The first-order valence-corrected chi connectivity index (χ1v) is 9.03. The van der Waals surface area contributed by atoms with Crippen LogP contribution in [0, 0.1) is 11.7 Å². The van der Waals surface area contributed by atoms with E-state index in [-0.39, 0.29) is 11.4 Å². The van der Waals surface area contributed by atoms with Gasteiger partial charge in [0.25, 0.3) is 0 Å². The maximum absolute atomic E-state index is 13.3. The number of likely N-dealkylation sites (tertiary alicyclic amines) is 2. The molecule has 0 bridgehead atoms. The van der Waals surface area contributed by atoms with Crippen molar-refractivity contribution < 1.29 is 13.9 Å². The lowest BCUT2D eigenvalue weighted by atomic mass is 9.78. The molecule has 3 fully saturated rings. The summed E-state index contributed by atoms with van der Waals surface area (Å²) in [7, 11) is 0. The third-order valence-corrected chi connectivity index (χ3v) is 5.80. The van der Waals surface area contributed by atoms with E-state index in [1.165, 1.54) is 6.07 Å². The Labute approximate surface area is 142 Å². The van der Waals surface area contributed by atoms with Crippen molar-refractivity contribution in [3.8, 4) is 0 Å². The summed E-state index contributed by atoms with van der Waals surface area (Å²) in [5.41, 5.74) is 0.984. The second-order valence-electron chi connectivity index (χ2n) is 7.45. The van der Waals surface area contributed by atoms with Gasteiger partial charge in [0, 0.05) is 45.8 Å². The molecule has 4 rings (SSSR count). The first kappa shape index (κ1) is 16.0. The van der Waals surface area contributed by atoms with Gasteiger partial charge in [-0.25, -0.2) is 4.39 Å². The van der Waals surface area contributed by atoms with Crippen LogP contribution in [0.2, 0.25) is 0 Å². The van der Waals surface area contributed by atoms with Crippen LogP contribution in [0.15, 0.2) is 24.3 Å². The molecular weight excluding hydrogens is 307 g/mol. The van der Waals surface area contributed by atoms with Crippen molar-refractivity contribution >= 4 is 5.91 Å². The normalized spacial score (nSPS) is 26.3. The highest BCUT2D eigenvalue weighted by atomic mass is 19.1. The minimum absolute atomic E-state index is 0.0316. The van der Waals surface area contributed by atoms with Crippen molar-refractivity contribution in [2.75, 3.05) is 32.8 Å².